The first-order valence-electron chi connectivity index (χ1n) is 4.72. The highest BCUT2D eigenvalue weighted by molar-refractivity contribution is 5.73. The Kier molecular flexibility index (Phi) is 3.88. The first kappa shape index (κ1) is 11.0. The molecule has 5 heteroatoms. The van der Waals surface area contributed by atoms with Crippen LogP contribution in [0.1, 0.15) is 13.8 Å². The van der Waals surface area contributed by atoms with Crippen LogP contribution in [0.25, 0.3) is 0 Å². The van der Waals surface area contributed by atoms with Gasteiger partial charge in [-0.3, -0.25) is 9.59 Å². The summed E-state index contributed by atoms with van der Waals surface area (Å²) in [5, 5.41) is 3.19. The largest absolute Gasteiger partial charge is 0.464 e. The number of piperazine rings is 1. The lowest BCUT2D eigenvalue weighted by atomic mass is 10.2. The fourth-order valence-corrected chi connectivity index (χ4v) is 1.44. The van der Waals surface area contributed by atoms with Crippen molar-refractivity contribution in [2.45, 2.75) is 19.9 Å². The Morgan fingerprint density at radius 2 is 2.21 bits per heavy atom. The molecule has 1 aliphatic heterocycles. The van der Waals surface area contributed by atoms with Gasteiger partial charge in [-0.1, -0.05) is 0 Å². The molecule has 1 atom stereocenters. The molecular formula is C9H16N2O3. The molecule has 0 aliphatic carbocycles. The minimum absolute atomic E-state index is 0.0662. The molecule has 1 aliphatic rings. The number of rotatable bonds is 2. The van der Waals surface area contributed by atoms with Gasteiger partial charge < -0.3 is 15.0 Å². The number of nitrogens with zero attached hydrogens (tertiary/aromatic N) is 1. The fourth-order valence-electron chi connectivity index (χ4n) is 1.44. The minimum Gasteiger partial charge on any atom is -0.464 e. The van der Waals surface area contributed by atoms with Gasteiger partial charge in [0, 0.05) is 33.5 Å². The van der Waals surface area contributed by atoms with Crippen LogP contribution >= 0.6 is 0 Å². The van der Waals surface area contributed by atoms with Crippen LogP contribution in [0.15, 0.2) is 0 Å². The molecule has 1 unspecified atom stereocenters. The number of esters is 1. The molecular weight excluding hydrogens is 184 g/mol. The average Bonchev–Trinajstić information content (AvgIpc) is 2.15. The van der Waals surface area contributed by atoms with Crippen LogP contribution in [0, 0.1) is 0 Å². The van der Waals surface area contributed by atoms with Crippen LogP contribution in [-0.2, 0) is 14.3 Å². The van der Waals surface area contributed by atoms with Gasteiger partial charge in [0.2, 0.25) is 5.91 Å². The maximum Gasteiger partial charge on any atom is 0.302 e. The van der Waals surface area contributed by atoms with E-state index < -0.39 is 0 Å². The van der Waals surface area contributed by atoms with Crippen LogP contribution < -0.4 is 5.32 Å². The number of hydrogen-bond donors (Lipinski definition) is 1. The summed E-state index contributed by atoms with van der Waals surface area (Å²) in [6.45, 7) is 5.36. The molecule has 0 saturated carbocycles. The standard InChI is InChI=1S/C9H16N2O3/c1-7(12)11-4-3-10-9(5-11)6-14-8(2)13/h9-10H,3-6H2,1-2H3. The summed E-state index contributed by atoms with van der Waals surface area (Å²) in [7, 11) is 0. The molecule has 1 fully saturated rings. The first-order valence-corrected chi connectivity index (χ1v) is 4.72. The summed E-state index contributed by atoms with van der Waals surface area (Å²) in [5.74, 6) is -0.217. The van der Waals surface area contributed by atoms with Crippen molar-refractivity contribution in [1.29, 1.82) is 0 Å². The maximum absolute atomic E-state index is 11.1. The highest BCUT2D eigenvalue weighted by Gasteiger charge is 2.21. The summed E-state index contributed by atoms with van der Waals surface area (Å²) in [4.78, 5) is 23.4. The van der Waals surface area contributed by atoms with Gasteiger partial charge in [0.1, 0.15) is 6.61 Å². The average molecular weight is 200 g/mol. The third-order valence-corrected chi connectivity index (χ3v) is 2.19. The van der Waals surface area contributed by atoms with Gasteiger partial charge in [-0.25, -0.2) is 0 Å². The number of ether oxygens (including phenoxy) is 1. The van der Waals surface area contributed by atoms with Crippen molar-refractivity contribution in [2.24, 2.45) is 0 Å². The lowest BCUT2D eigenvalue weighted by Gasteiger charge is -2.32. The molecule has 0 bridgehead atoms. The molecule has 1 amide bonds. The van der Waals surface area contributed by atoms with Crippen LogP contribution in [0.4, 0.5) is 0 Å². The fraction of sp³-hybridized carbons (Fsp3) is 0.778. The van der Waals surface area contributed by atoms with Crippen molar-refractivity contribution in [3.8, 4) is 0 Å². The lowest BCUT2D eigenvalue weighted by Crippen LogP contribution is -2.53. The minimum atomic E-state index is -0.285. The van der Waals surface area contributed by atoms with Gasteiger partial charge in [-0.05, 0) is 0 Å². The van der Waals surface area contributed by atoms with Crippen LogP contribution in [0.5, 0.6) is 0 Å². The summed E-state index contributed by atoms with van der Waals surface area (Å²) in [6.07, 6.45) is 0. The normalized spacial score (nSPS) is 21.9. The number of hydrogen-bond acceptors (Lipinski definition) is 4. The van der Waals surface area contributed by atoms with Crippen molar-refractivity contribution >= 4 is 11.9 Å². The maximum atomic E-state index is 11.1. The third-order valence-electron chi connectivity index (χ3n) is 2.19. The predicted octanol–water partition coefficient (Wildman–Crippen LogP) is -0.630. The van der Waals surface area contributed by atoms with E-state index in [1.165, 1.54) is 6.92 Å². The van der Waals surface area contributed by atoms with Crippen molar-refractivity contribution in [3.63, 3.8) is 0 Å². The topological polar surface area (TPSA) is 58.6 Å². The second-order valence-corrected chi connectivity index (χ2v) is 3.42. The molecule has 80 valence electrons. The SMILES string of the molecule is CC(=O)OCC1CN(C(C)=O)CCN1. The molecule has 0 radical (unpaired) electrons. The number of carbonyl (C=O) groups excluding carboxylic acids is 2. The molecule has 0 aromatic heterocycles. The van der Waals surface area contributed by atoms with Gasteiger partial charge in [-0.15, -0.1) is 0 Å². The Labute approximate surface area is 83.4 Å². The molecule has 1 rings (SSSR count). The van der Waals surface area contributed by atoms with E-state index in [0.29, 0.717) is 13.2 Å². The van der Waals surface area contributed by atoms with Gasteiger partial charge in [0.15, 0.2) is 0 Å². The summed E-state index contributed by atoms with van der Waals surface area (Å²) in [6, 6.07) is 0.0662. The molecule has 1 N–H and O–H groups in total. The number of amides is 1. The Balaban J connectivity index is 2.32. The highest BCUT2D eigenvalue weighted by Crippen LogP contribution is 2.00. The number of nitrogens with one attached hydrogen (secondary N) is 1. The number of carbonyl (C=O) groups is 2. The van der Waals surface area contributed by atoms with E-state index in [0.717, 1.165) is 13.1 Å². The Morgan fingerprint density at radius 1 is 1.50 bits per heavy atom. The summed E-state index contributed by atoms with van der Waals surface area (Å²) >= 11 is 0. The quantitative estimate of drug-likeness (QED) is 0.603. The van der Waals surface area contributed by atoms with Crippen LogP contribution in [0.2, 0.25) is 0 Å². The second-order valence-electron chi connectivity index (χ2n) is 3.42. The second kappa shape index (κ2) is 4.95. The Bertz CT molecular complexity index is 230. The third kappa shape index (κ3) is 3.33. The zero-order valence-corrected chi connectivity index (χ0v) is 8.58. The van der Waals surface area contributed by atoms with Crippen molar-refractivity contribution in [2.75, 3.05) is 26.2 Å². The van der Waals surface area contributed by atoms with Gasteiger partial charge in [0.25, 0.3) is 0 Å². The summed E-state index contributed by atoms with van der Waals surface area (Å²) < 4.78 is 4.87. The monoisotopic (exact) mass is 200 g/mol. The van der Waals surface area contributed by atoms with E-state index >= 15 is 0 Å². The van der Waals surface area contributed by atoms with Crippen LogP contribution in [0.3, 0.4) is 0 Å². The Morgan fingerprint density at radius 3 is 2.79 bits per heavy atom. The Hall–Kier alpha value is -1.10. The molecule has 0 aromatic rings. The van der Waals surface area contributed by atoms with E-state index in [1.54, 1.807) is 11.8 Å². The lowest BCUT2D eigenvalue weighted by molar-refractivity contribution is -0.142. The van der Waals surface area contributed by atoms with E-state index in [1.807, 2.05) is 0 Å². The molecule has 0 spiro atoms. The zero-order chi connectivity index (χ0) is 10.6. The van der Waals surface area contributed by atoms with Crippen molar-refractivity contribution in [3.05, 3.63) is 0 Å². The van der Waals surface area contributed by atoms with E-state index in [2.05, 4.69) is 5.32 Å². The van der Waals surface area contributed by atoms with Gasteiger partial charge in [-0.2, -0.15) is 0 Å². The van der Waals surface area contributed by atoms with Gasteiger partial charge >= 0.3 is 5.97 Å². The molecule has 1 saturated heterocycles. The van der Waals surface area contributed by atoms with E-state index in [4.69, 9.17) is 4.74 Å². The van der Waals surface area contributed by atoms with E-state index in [9.17, 15) is 9.59 Å². The highest BCUT2D eigenvalue weighted by atomic mass is 16.5. The smallest absolute Gasteiger partial charge is 0.302 e. The molecule has 14 heavy (non-hydrogen) atoms. The van der Waals surface area contributed by atoms with Crippen LogP contribution in [-0.4, -0.2) is 49.1 Å². The predicted molar refractivity (Wildman–Crippen MR) is 50.7 cm³/mol. The van der Waals surface area contributed by atoms with Crippen molar-refractivity contribution < 1.29 is 14.3 Å². The van der Waals surface area contributed by atoms with Crippen molar-refractivity contribution in [1.82, 2.24) is 10.2 Å². The zero-order valence-electron chi connectivity index (χ0n) is 8.58. The molecule has 5 nitrogen and oxygen atoms in total. The summed E-state index contributed by atoms with van der Waals surface area (Å²) in [5.41, 5.74) is 0. The molecule has 1 heterocycles. The first-order chi connectivity index (χ1) is 6.59. The van der Waals surface area contributed by atoms with E-state index in [-0.39, 0.29) is 17.9 Å². The van der Waals surface area contributed by atoms with Gasteiger partial charge in [0.05, 0.1) is 6.04 Å². The molecule has 0 aromatic carbocycles.